The molecule has 2 aromatic rings. The number of aromatic nitrogens is 3. The highest BCUT2D eigenvalue weighted by Gasteiger charge is 2.30. The summed E-state index contributed by atoms with van der Waals surface area (Å²) in [7, 11) is 0. The fourth-order valence-electron chi connectivity index (χ4n) is 3.27. The van der Waals surface area contributed by atoms with Crippen LogP contribution in [0.2, 0.25) is 5.02 Å². The Hall–Kier alpha value is -1.73. The number of nitrogens with zero attached hydrogens (tertiary/aromatic N) is 4. The zero-order valence-electron chi connectivity index (χ0n) is 15.1. The zero-order valence-corrected chi connectivity index (χ0v) is 16.7. The highest BCUT2D eigenvalue weighted by molar-refractivity contribution is 7.99. The average molecular weight is 407 g/mol. The van der Waals surface area contributed by atoms with E-state index in [1.54, 1.807) is 6.07 Å². The van der Waals surface area contributed by atoms with Crippen LogP contribution in [-0.4, -0.2) is 44.4 Å². The lowest BCUT2D eigenvalue weighted by Crippen LogP contribution is -2.36. The van der Waals surface area contributed by atoms with E-state index in [-0.39, 0.29) is 5.91 Å². The molecule has 0 atom stereocenters. The molecule has 0 unspecified atom stereocenters. The highest BCUT2D eigenvalue weighted by atomic mass is 35.5. The van der Waals surface area contributed by atoms with Gasteiger partial charge in [0, 0.05) is 19.1 Å². The summed E-state index contributed by atoms with van der Waals surface area (Å²) in [4.78, 5) is 14.4. The molecule has 1 aliphatic heterocycles. The summed E-state index contributed by atoms with van der Waals surface area (Å²) in [5.41, 5.74) is 0. The third kappa shape index (κ3) is 4.58. The van der Waals surface area contributed by atoms with Crippen molar-refractivity contribution in [1.82, 2.24) is 19.7 Å². The minimum absolute atomic E-state index is 0.193. The number of ether oxygens (including phenoxy) is 1. The van der Waals surface area contributed by atoms with Crippen molar-refractivity contribution in [2.45, 2.75) is 49.9 Å². The van der Waals surface area contributed by atoms with Gasteiger partial charge in [0.05, 0.1) is 10.8 Å². The molecule has 1 aliphatic carbocycles. The van der Waals surface area contributed by atoms with Crippen molar-refractivity contribution in [2.75, 3.05) is 18.8 Å². The first-order chi connectivity index (χ1) is 13.2. The number of carbonyl (C=O) groups excluding carboxylic acids is 1. The molecule has 0 bridgehead atoms. The first-order valence-electron chi connectivity index (χ1n) is 9.44. The van der Waals surface area contributed by atoms with Gasteiger partial charge in [-0.3, -0.25) is 9.36 Å². The Kier molecular flexibility index (Phi) is 5.88. The second kappa shape index (κ2) is 8.52. The SMILES string of the molecule is O=C(CSc1nnc(COc2ccccc2Cl)n1C1CC1)N1CCCCC1. The van der Waals surface area contributed by atoms with Crippen LogP contribution < -0.4 is 4.74 Å². The van der Waals surface area contributed by atoms with Gasteiger partial charge < -0.3 is 9.64 Å². The van der Waals surface area contributed by atoms with E-state index in [0.717, 1.165) is 49.8 Å². The van der Waals surface area contributed by atoms with E-state index in [9.17, 15) is 4.79 Å². The van der Waals surface area contributed by atoms with Crippen molar-refractivity contribution >= 4 is 29.3 Å². The molecule has 1 saturated carbocycles. The third-order valence-electron chi connectivity index (χ3n) is 4.87. The van der Waals surface area contributed by atoms with E-state index in [4.69, 9.17) is 16.3 Å². The van der Waals surface area contributed by atoms with Crippen molar-refractivity contribution < 1.29 is 9.53 Å². The quantitative estimate of drug-likeness (QED) is 0.651. The van der Waals surface area contributed by atoms with E-state index in [1.807, 2.05) is 23.1 Å². The Bertz CT molecular complexity index is 803. The maximum absolute atomic E-state index is 12.4. The summed E-state index contributed by atoms with van der Waals surface area (Å²) in [6.45, 7) is 2.07. The molecule has 2 fully saturated rings. The maximum Gasteiger partial charge on any atom is 0.233 e. The lowest BCUT2D eigenvalue weighted by Gasteiger charge is -2.26. The number of para-hydroxylation sites is 1. The van der Waals surface area contributed by atoms with Crippen LogP contribution in [0.25, 0.3) is 0 Å². The van der Waals surface area contributed by atoms with Gasteiger partial charge in [-0.25, -0.2) is 0 Å². The second-order valence-electron chi connectivity index (χ2n) is 6.95. The Morgan fingerprint density at radius 3 is 2.70 bits per heavy atom. The van der Waals surface area contributed by atoms with Gasteiger partial charge in [0.2, 0.25) is 5.91 Å². The van der Waals surface area contributed by atoms with Crippen LogP contribution in [0.4, 0.5) is 0 Å². The van der Waals surface area contributed by atoms with Crippen molar-refractivity contribution in [3.8, 4) is 5.75 Å². The van der Waals surface area contributed by atoms with E-state index in [1.165, 1.54) is 18.2 Å². The average Bonchev–Trinajstić information content (AvgIpc) is 3.46. The van der Waals surface area contributed by atoms with Crippen molar-refractivity contribution in [1.29, 1.82) is 0 Å². The first kappa shape index (κ1) is 18.6. The minimum Gasteiger partial charge on any atom is -0.484 e. The molecule has 8 heteroatoms. The minimum atomic E-state index is 0.193. The Morgan fingerprint density at radius 1 is 1.19 bits per heavy atom. The molecule has 2 aliphatic rings. The van der Waals surface area contributed by atoms with Crippen LogP contribution in [0.3, 0.4) is 0 Å². The standard InChI is InChI=1S/C19H23ClN4O2S/c20-15-6-2-3-7-16(15)26-12-17-21-22-19(24(17)14-8-9-14)27-13-18(25)23-10-4-1-5-11-23/h2-3,6-7,14H,1,4-5,8-13H2. The summed E-state index contributed by atoms with van der Waals surface area (Å²) in [5, 5.41) is 10.0. The number of carbonyl (C=O) groups is 1. The molecule has 27 heavy (non-hydrogen) atoms. The lowest BCUT2D eigenvalue weighted by molar-refractivity contribution is -0.129. The Morgan fingerprint density at radius 2 is 1.96 bits per heavy atom. The molecule has 0 radical (unpaired) electrons. The van der Waals surface area contributed by atoms with E-state index in [2.05, 4.69) is 14.8 Å². The number of amides is 1. The monoisotopic (exact) mass is 406 g/mol. The summed E-state index contributed by atoms with van der Waals surface area (Å²) < 4.78 is 7.97. The number of piperidine rings is 1. The normalized spacial score (nSPS) is 17.1. The molecule has 4 rings (SSSR count). The summed E-state index contributed by atoms with van der Waals surface area (Å²) in [6, 6.07) is 7.82. The van der Waals surface area contributed by atoms with Crippen molar-refractivity contribution in [2.24, 2.45) is 0 Å². The largest absolute Gasteiger partial charge is 0.484 e. The third-order valence-corrected chi connectivity index (χ3v) is 6.11. The fourth-order valence-corrected chi connectivity index (χ4v) is 4.39. The van der Waals surface area contributed by atoms with Crippen LogP contribution in [0.5, 0.6) is 5.75 Å². The number of benzene rings is 1. The molecule has 1 aromatic heterocycles. The van der Waals surface area contributed by atoms with Gasteiger partial charge in [0.25, 0.3) is 0 Å². The highest BCUT2D eigenvalue weighted by Crippen LogP contribution is 2.39. The van der Waals surface area contributed by atoms with E-state index < -0.39 is 0 Å². The predicted octanol–water partition coefficient (Wildman–Crippen LogP) is 3.95. The fraction of sp³-hybridized carbons (Fsp3) is 0.526. The Balaban J connectivity index is 1.40. The van der Waals surface area contributed by atoms with Crippen LogP contribution in [0.15, 0.2) is 29.4 Å². The number of rotatable bonds is 7. The van der Waals surface area contributed by atoms with Gasteiger partial charge in [0.1, 0.15) is 12.4 Å². The van der Waals surface area contributed by atoms with Crippen LogP contribution in [0.1, 0.15) is 44.0 Å². The second-order valence-corrected chi connectivity index (χ2v) is 8.30. The van der Waals surface area contributed by atoms with Crippen LogP contribution >= 0.6 is 23.4 Å². The number of hydrogen-bond donors (Lipinski definition) is 0. The van der Waals surface area contributed by atoms with Crippen LogP contribution in [-0.2, 0) is 11.4 Å². The van der Waals surface area contributed by atoms with E-state index >= 15 is 0 Å². The smallest absolute Gasteiger partial charge is 0.233 e. The predicted molar refractivity (Wildman–Crippen MR) is 105 cm³/mol. The molecular weight excluding hydrogens is 384 g/mol. The van der Waals surface area contributed by atoms with Crippen LogP contribution in [0, 0.1) is 0 Å². The summed E-state index contributed by atoms with van der Waals surface area (Å²) in [6.07, 6.45) is 5.67. The number of hydrogen-bond acceptors (Lipinski definition) is 5. The number of likely N-dealkylation sites (tertiary alicyclic amines) is 1. The molecule has 1 saturated heterocycles. The number of halogens is 1. The van der Waals surface area contributed by atoms with Gasteiger partial charge in [-0.15, -0.1) is 10.2 Å². The summed E-state index contributed by atoms with van der Waals surface area (Å²) >= 11 is 7.63. The molecule has 0 spiro atoms. The van der Waals surface area contributed by atoms with Gasteiger partial charge >= 0.3 is 0 Å². The van der Waals surface area contributed by atoms with Crippen molar-refractivity contribution in [3.05, 3.63) is 35.1 Å². The van der Waals surface area contributed by atoms with Gasteiger partial charge in [0.15, 0.2) is 11.0 Å². The number of thioether (sulfide) groups is 1. The Labute approximate surface area is 168 Å². The zero-order chi connectivity index (χ0) is 18.6. The molecule has 1 aromatic carbocycles. The first-order valence-corrected chi connectivity index (χ1v) is 10.8. The molecule has 6 nitrogen and oxygen atoms in total. The van der Waals surface area contributed by atoms with Gasteiger partial charge in [-0.1, -0.05) is 35.5 Å². The molecule has 2 heterocycles. The topological polar surface area (TPSA) is 60.2 Å². The maximum atomic E-state index is 12.4. The molecule has 144 valence electrons. The van der Waals surface area contributed by atoms with Gasteiger partial charge in [-0.05, 0) is 44.2 Å². The molecule has 1 amide bonds. The summed E-state index contributed by atoms with van der Waals surface area (Å²) in [5.74, 6) is 2.03. The van der Waals surface area contributed by atoms with Crippen molar-refractivity contribution in [3.63, 3.8) is 0 Å². The lowest BCUT2D eigenvalue weighted by atomic mass is 10.1. The van der Waals surface area contributed by atoms with E-state index in [0.29, 0.717) is 29.2 Å². The molecule has 0 N–H and O–H groups in total. The molecular formula is C19H23ClN4O2S. The van der Waals surface area contributed by atoms with Gasteiger partial charge in [-0.2, -0.15) is 0 Å².